The van der Waals surface area contributed by atoms with E-state index in [1.807, 2.05) is 20.8 Å². The third-order valence-electron chi connectivity index (χ3n) is 1.25. The van der Waals surface area contributed by atoms with E-state index < -0.39 is 0 Å². The zero-order valence-corrected chi connectivity index (χ0v) is 9.00. The third kappa shape index (κ3) is 2.73. The van der Waals surface area contributed by atoms with Crippen molar-refractivity contribution in [3.8, 4) is 0 Å². The van der Waals surface area contributed by atoms with Crippen LogP contribution in [0, 0.1) is 6.92 Å². The predicted molar refractivity (Wildman–Crippen MR) is 51.7 cm³/mol. The molecule has 1 heterocycles. The Hall–Kier alpha value is -0.130. The molecule has 0 unspecified atom stereocenters. The molecule has 0 aliphatic rings. The highest BCUT2D eigenvalue weighted by Gasteiger charge is 2.20. The summed E-state index contributed by atoms with van der Waals surface area (Å²) in [7, 11) is 0. The normalized spacial score (nSPS) is 12.0. The average molecular weight is 204 g/mol. The van der Waals surface area contributed by atoms with Crippen molar-refractivity contribution in [3.05, 3.63) is 5.82 Å². The van der Waals surface area contributed by atoms with Crippen molar-refractivity contribution >= 4 is 23.3 Å². The molecule has 0 saturated heterocycles. The largest absolute Gasteiger partial charge is 0.395 e. The molecular weight excluding hydrogens is 192 g/mol. The van der Waals surface area contributed by atoms with Gasteiger partial charge in [-0.2, -0.15) is 4.37 Å². The second-order valence-electron chi connectivity index (χ2n) is 3.13. The molecular formula is C7H12N2OS2. The molecule has 1 aromatic heterocycles. The maximum Gasteiger partial charge on any atom is 0.170 e. The van der Waals surface area contributed by atoms with Crippen molar-refractivity contribution in [3.63, 3.8) is 0 Å². The van der Waals surface area contributed by atoms with Gasteiger partial charge in [-0.25, -0.2) is 4.98 Å². The molecule has 0 radical (unpaired) electrons. The van der Waals surface area contributed by atoms with Crippen LogP contribution in [-0.4, -0.2) is 25.8 Å². The van der Waals surface area contributed by atoms with Crippen molar-refractivity contribution in [2.75, 3.05) is 6.61 Å². The first-order valence-electron chi connectivity index (χ1n) is 3.64. The van der Waals surface area contributed by atoms with E-state index in [1.54, 1.807) is 11.8 Å². The van der Waals surface area contributed by atoms with Gasteiger partial charge < -0.3 is 5.11 Å². The van der Waals surface area contributed by atoms with Gasteiger partial charge in [-0.3, -0.25) is 0 Å². The van der Waals surface area contributed by atoms with Gasteiger partial charge in [0.25, 0.3) is 0 Å². The molecule has 0 amide bonds. The average Bonchev–Trinajstić information content (AvgIpc) is 2.35. The molecule has 12 heavy (non-hydrogen) atoms. The van der Waals surface area contributed by atoms with Gasteiger partial charge in [-0.15, -0.1) is 0 Å². The Morgan fingerprint density at radius 1 is 1.58 bits per heavy atom. The first-order valence-corrected chi connectivity index (χ1v) is 5.23. The van der Waals surface area contributed by atoms with Gasteiger partial charge in [0, 0.05) is 4.75 Å². The molecule has 1 rings (SSSR count). The molecule has 0 aromatic carbocycles. The van der Waals surface area contributed by atoms with Gasteiger partial charge in [-0.05, 0) is 32.3 Å². The monoisotopic (exact) mass is 204 g/mol. The molecule has 0 saturated carbocycles. The number of hydrogen-bond acceptors (Lipinski definition) is 5. The standard InChI is InChI=1S/C7H12N2OS2/c1-5-8-6(12-9-5)11-7(2,3)4-10/h10H,4H2,1-3H3. The molecule has 0 aliphatic carbocycles. The third-order valence-corrected chi connectivity index (χ3v) is 3.28. The molecule has 3 nitrogen and oxygen atoms in total. The van der Waals surface area contributed by atoms with Crippen LogP contribution in [0.3, 0.4) is 0 Å². The Kier molecular flexibility index (Phi) is 3.09. The Morgan fingerprint density at radius 2 is 2.25 bits per heavy atom. The molecule has 68 valence electrons. The summed E-state index contributed by atoms with van der Waals surface area (Å²) in [6.07, 6.45) is 0. The summed E-state index contributed by atoms with van der Waals surface area (Å²) in [5.41, 5.74) is 0. The predicted octanol–water partition coefficient (Wildman–Crippen LogP) is 1.71. The van der Waals surface area contributed by atoms with Crippen LogP contribution in [-0.2, 0) is 0 Å². The number of aliphatic hydroxyl groups excluding tert-OH is 1. The number of aliphatic hydroxyl groups is 1. The van der Waals surface area contributed by atoms with Gasteiger partial charge in [-0.1, -0.05) is 11.8 Å². The number of nitrogens with zero attached hydrogens (tertiary/aromatic N) is 2. The van der Waals surface area contributed by atoms with Gasteiger partial charge in [0.1, 0.15) is 5.82 Å². The van der Waals surface area contributed by atoms with Crippen molar-refractivity contribution in [1.82, 2.24) is 9.36 Å². The second-order valence-corrected chi connectivity index (χ2v) is 5.83. The summed E-state index contributed by atoms with van der Waals surface area (Å²) in [6, 6.07) is 0. The highest BCUT2D eigenvalue weighted by atomic mass is 32.2. The van der Waals surface area contributed by atoms with E-state index in [1.165, 1.54) is 11.5 Å². The lowest BCUT2D eigenvalue weighted by molar-refractivity contribution is 0.265. The summed E-state index contributed by atoms with van der Waals surface area (Å²) >= 11 is 2.94. The second kappa shape index (κ2) is 3.72. The van der Waals surface area contributed by atoms with Crippen LogP contribution in [0.25, 0.3) is 0 Å². The molecule has 0 aliphatic heterocycles. The SMILES string of the molecule is Cc1nsc(SC(C)(C)CO)n1. The van der Waals surface area contributed by atoms with E-state index in [4.69, 9.17) is 5.11 Å². The lowest BCUT2D eigenvalue weighted by atomic mass is 10.2. The van der Waals surface area contributed by atoms with Gasteiger partial charge in [0.05, 0.1) is 6.61 Å². The summed E-state index contributed by atoms with van der Waals surface area (Å²) in [6.45, 7) is 5.98. The fraction of sp³-hybridized carbons (Fsp3) is 0.714. The van der Waals surface area contributed by atoms with Crippen LogP contribution in [0.2, 0.25) is 0 Å². The molecule has 5 heteroatoms. The summed E-state index contributed by atoms with van der Waals surface area (Å²) in [5, 5.41) is 9.00. The first-order chi connectivity index (χ1) is 5.53. The van der Waals surface area contributed by atoms with Crippen LogP contribution in [0.4, 0.5) is 0 Å². The Balaban J connectivity index is 2.63. The van der Waals surface area contributed by atoms with Gasteiger partial charge in [0.2, 0.25) is 0 Å². The highest BCUT2D eigenvalue weighted by molar-refractivity contribution is 8.02. The maximum atomic E-state index is 9.00. The number of aryl methyl sites for hydroxylation is 1. The van der Waals surface area contributed by atoms with E-state index in [9.17, 15) is 0 Å². The summed E-state index contributed by atoms with van der Waals surface area (Å²) < 4.78 is 4.83. The van der Waals surface area contributed by atoms with E-state index >= 15 is 0 Å². The van der Waals surface area contributed by atoms with Crippen LogP contribution >= 0.6 is 23.3 Å². The molecule has 0 bridgehead atoms. The first kappa shape index (κ1) is 9.95. The minimum atomic E-state index is -0.161. The summed E-state index contributed by atoms with van der Waals surface area (Å²) in [5.74, 6) is 0.802. The van der Waals surface area contributed by atoms with Crippen LogP contribution < -0.4 is 0 Å². The Labute approximate surface area is 80.4 Å². The van der Waals surface area contributed by atoms with Crippen LogP contribution in [0.1, 0.15) is 19.7 Å². The topological polar surface area (TPSA) is 46.0 Å². The van der Waals surface area contributed by atoms with Gasteiger partial charge >= 0.3 is 0 Å². The van der Waals surface area contributed by atoms with Crippen molar-refractivity contribution < 1.29 is 5.11 Å². The zero-order chi connectivity index (χ0) is 9.19. The minimum Gasteiger partial charge on any atom is -0.395 e. The molecule has 0 spiro atoms. The van der Waals surface area contributed by atoms with Crippen molar-refractivity contribution in [2.24, 2.45) is 0 Å². The number of aromatic nitrogens is 2. The molecule has 1 N–H and O–H groups in total. The fourth-order valence-electron chi connectivity index (χ4n) is 0.588. The number of hydrogen-bond donors (Lipinski definition) is 1. The van der Waals surface area contributed by atoms with E-state index in [2.05, 4.69) is 9.36 Å². The highest BCUT2D eigenvalue weighted by Crippen LogP contribution is 2.32. The quantitative estimate of drug-likeness (QED) is 0.761. The fourth-order valence-corrected chi connectivity index (χ4v) is 2.66. The minimum absolute atomic E-state index is 0.149. The van der Waals surface area contributed by atoms with Crippen LogP contribution in [0.5, 0.6) is 0 Å². The lowest BCUT2D eigenvalue weighted by Gasteiger charge is -2.18. The number of thioether (sulfide) groups is 1. The Morgan fingerprint density at radius 3 is 2.67 bits per heavy atom. The van der Waals surface area contributed by atoms with Gasteiger partial charge in [0.15, 0.2) is 4.34 Å². The molecule has 1 aromatic rings. The van der Waals surface area contributed by atoms with Crippen molar-refractivity contribution in [2.45, 2.75) is 29.9 Å². The van der Waals surface area contributed by atoms with Crippen molar-refractivity contribution in [1.29, 1.82) is 0 Å². The molecule has 0 fully saturated rings. The maximum absolute atomic E-state index is 9.00. The summed E-state index contributed by atoms with van der Waals surface area (Å²) in [4.78, 5) is 4.20. The smallest absolute Gasteiger partial charge is 0.170 e. The van der Waals surface area contributed by atoms with E-state index in [-0.39, 0.29) is 11.4 Å². The van der Waals surface area contributed by atoms with E-state index in [0.717, 1.165) is 10.2 Å². The van der Waals surface area contributed by atoms with Crippen LogP contribution in [0.15, 0.2) is 4.34 Å². The van der Waals surface area contributed by atoms with E-state index in [0.29, 0.717) is 0 Å². The lowest BCUT2D eigenvalue weighted by Crippen LogP contribution is -2.19. The zero-order valence-electron chi connectivity index (χ0n) is 7.37. The molecule has 0 atom stereocenters. The Bertz CT molecular complexity index is 260. The number of rotatable bonds is 3.